The van der Waals surface area contributed by atoms with Crippen LogP contribution in [0.15, 0.2) is 48.5 Å². The van der Waals surface area contributed by atoms with Gasteiger partial charge in [-0.3, -0.25) is 0 Å². The van der Waals surface area contributed by atoms with E-state index >= 15 is 0 Å². The van der Waals surface area contributed by atoms with E-state index in [2.05, 4.69) is 0 Å². The topological polar surface area (TPSA) is 36.9 Å². The Morgan fingerprint density at radius 1 is 0.327 bits per heavy atom. The Bertz CT molecular complexity index is 2180. The van der Waals surface area contributed by atoms with Crippen LogP contribution in [0, 0.1) is 13.8 Å². The maximum absolute atomic E-state index is 13.3. The molecule has 0 aliphatic heterocycles. The predicted molar refractivity (Wildman–Crippen MR) is 180 cm³/mol. The van der Waals surface area contributed by atoms with Crippen LogP contribution in [-0.2, 0) is 0 Å². The molecule has 20 heteroatoms. The van der Waals surface area contributed by atoms with Gasteiger partial charge in [0.15, 0.2) is 71.2 Å². The van der Waals surface area contributed by atoms with Gasteiger partial charge >= 0.3 is 22.0 Å². The number of hydrogen-bond acceptors (Lipinski definition) is 8. The van der Waals surface area contributed by atoms with Crippen LogP contribution < -0.4 is 16.7 Å². The second-order valence-electron chi connectivity index (χ2n) is 11.2. The van der Waals surface area contributed by atoms with Crippen molar-refractivity contribution in [3.05, 3.63) is 59.7 Å². The summed E-state index contributed by atoms with van der Waals surface area (Å²) in [4.78, 5) is 0. The van der Waals surface area contributed by atoms with Gasteiger partial charge < -0.3 is 16.7 Å². The Balaban J connectivity index is 1.59. The van der Waals surface area contributed by atoms with Crippen LogP contribution in [0.5, 0.6) is 23.0 Å². The normalized spacial score (nSPS) is 13.5. The van der Waals surface area contributed by atoms with Gasteiger partial charge in [0.05, 0.1) is 0 Å². The summed E-state index contributed by atoms with van der Waals surface area (Å²) in [5, 5.41) is 3.16. The number of benzene rings is 7. The minimum atomic E-state index is -4.89. The van der Waals surface area contributed by atoms with E-state index in [-0.39, 0.29) is 43.4 Å². The number of halogens is 12. The zero-order valence-corrected chi connectivity index (χ0v) is 28.7. The standard InChI is InChI=1S/C32H14F12O4S4/c1-11-25(45-49-29(33,34)35)17-7-3-13-15-5-9-19-24-20(28(48-52-32(42,43)44)12(2)27(19)47-51-31(39,40)41)10-6-16(22(15)24)14-4-8-18(23(17)21(13)14)26(11)46-50-30(36,37)38/h3-10H,1-2H3. The van der Waals surface area contributed by atoms with Gasteiger partial charge in [-0.25, -0.2) is 0 Å². The second kappa shape index (κ2) is 12.5. The molecule has 274 valence electrons. The third kappa shape index (κ3) is 6.59. The molecule has 0 aliphatic carbocycles. The molecule has 0 unspecified atom stereocenters. The molecule has 52 heavy (non-hydrogen) atoms. The highest BCUT2D eigenvalue weighted by Gasteiger charge is 2.37. The highest BCUT2D eigenvalue weighted by Crippen LogP contribution is 2.55. The third-order valence-electron chi connectivity index (χ3n) is 8.12. The lowest BCUT2D eigenvalue weighted by molar-refractivity contribution is -0.0378. The lowest BCUT2D eigenvalue weighted by Crippen LogP contribution is -2.06. The van der Waals surface area contributed by atoms with Gasteiger partial charge in [-0.05, 0) is 70.4 Å². The molecule has 0 bridgehead atoms. The van der Waals surface area contributed by atoms with Crippen LogP contribution in [0.3, 0.4) is 0 Å². The first-order chi connectivity index (χ1) is 24.1. The molecular weight excluding hydrogens is 805 g/mol. The molecule has 7 aromatic carbocycles. The van der Waals surface area contributed by atoms with Crippen molar-refractivity contribution in [3.63, 3.8) is 0 Å². The van der Waals surface area contributed by atoms with Crippen molar-refractivity contribution in [2.45, 2.75) is 35.9 Å². The third-order valence-corrected chi connectivity index (χ3v) is 9.88. The summed E-state index contributed by atoms with van der Waals surface area (Å²) in [5.41, 5.74) is -19.8. The van der Waals surface area contributed by atoms with Crippen molar-refractivity contribution in [3.8, 4) is 23.0 Å². The van der Waals surface area contributed by atoms with Crippen molar-refractivity contribution in [2.24, 2.45) is 0 Å². The van der Waals surface area contributed by atoms with E-state index < -0.39 is 93.2 Å². The Morgan fingerprint density at radius 3 is 0.692 bits per heavy atom. The molecule has 0 fully saturated rings. The average molecular weight is 819 g/mol. The van der Waals surface area contributed by atoms with Gasteiger partial charge in [0.1, 0.15) is 0 Å². The van der Waals surface area contributed by atoms with E-state index in [4.69, 9.17) is 16.7 Å². The van der Waals surface area contributed by atoms with E-state index in [0.29, 0.717) is 32.3 Å². The molecule has 0 radical (unpaired) electrons. The zero-order chi connectivity index (χ0) is 37.7. The van der Waals surface area contributed by atoms with Crippen LogP contribution in [0.4, 0.5) is 52.7 Å². The average Bonchev–Trinajstić information content (AvgIpc) is 3.02. The molecule has 0 saturated carbocycles. The van der Waals surface area contributed by atoms with Gasteiger partial charge in [0, 0.05) is 43.4 Å². The first-order valence-electron chi connectivity index (χ1n) is 14.2. The summed E-state index contributed by atoms with van der Waals surface area (Å²) in [6, 6.07) is 11.8. The van der Waals surface area contributed by atoms with Crippen LogP contribution in [0.2, 0.25) is 0 Å². The molecule has 0 aliphatic rings. The first-order valence-corrected chi connectivity index (χ1v) is 17.2. The van der Waals surface area contributed by atoms with E-state index in [1.807, 2.05) is 0 Å². The summed E-state index contributed by atoms with van der Waals surface area (Å²) in [6.07, 6.45) is 0. The fraction of sp³-hybridized carbons (Fsp3) is 0.188. The smallest absolute Gasteiger partial charge is 0.416 e. The van der Waals surface area contributed by atoms with Gasteiger partial charge in [-0.15, -0.1) is 0 Å². The maximum atomic E-state index is 13.3. The number of rotatable bonds is 8. The van der Waals surface area contributed by atoms with E-state index in [0.717, 1.165) is 0 Å². The number of hydrogen-bond donors (Lipinski definition) is 0. The molecule has 0 aromatic heterocycles. The minimum absolute atomic E-state index is 0.106. The zero-order valence-electron chi connectivity index (χ0n) is 25.4. The van der Waals surface area contributed by atoms with Gasteiger partial charge in [0.2, 0.25) is 0 Å². The molecule has 0 spiro atoms. The first kappa shape index (κ1) is 36.7. The maximum Gasteiger partial charge on any atom is 0.479 e. The molecule has 7 aromatic rings. The lowest BCUT2D eigenvalue weighted by Gasteiger charge is -2.23. The Labute approximate surface area is 299 Å². The van der Waals surface area contributed by atoms with Crippen LogP contribution in [-0.4, -0.2) is 22.0 Å². The Hall–Kier alpha value is -3.62. The van der Waals surface area contributed by atoms with Crippen molar-refractivity contribution in [1.29, 1.82) is 0 Å². The number of fused-ring (bicyclic) bond motifs is 2. The molecule has 0 amide bonds. The summed E-state index contributed by atoms with van der Waals surface area (Å²) >= 11 is -3.46. The van der Waals surface area contributed by atoms with Gasteiger partial charge in [-0.2, -0.15) is 52.7 Å². The molecule has 0 atom stereocenters. The van der Waals surface area contributed by atoms with Crippen LogP contribution in [0.1, 0.15) is 11.1 Å². The van der Waals surface area contributed by atoms with Crippen molar-refractivity contribution < 1.29 is 69.4 Å². The summed E-state index contributed by atoms with van der Waals surface area (Å²) in [6.45, 7) is 2.50. The van der Waals surface area contributed by atoms with Crippen molar-refractivity contribution in [2.75, 3.05) is 0 Å². The quantitative estimate of drug-likeness (QED) is 0.0650. The van der Waals surface area contributed by atoms with Crippen LogP contribution in [0.25, 0.3) is 64.6 Å². The number of alkyl halides is 12. The van der Waals surface area contributed by atoms with E-state index in [1.165, 1.54) is 62.4 Å². The molecular formula is C32H14F12O4S4. The highest BCUT2D eigenvalue weighted by molar-refractivity contribution is 7.96. The van der Waals surface area contributed by atoms with Crippen molar-refractivity contribution in [1.82, 2.24) is 0 Å². The minimum Gasteiger partial charge on any atom is -0.416 e. The van der Waals surface area contributed by atoms with Gasteiger partial charge in [-0.1, -0.05) is 24.3 Å². The van der Waals surface area contributed by atoms with Crippen LogP contribution >= 0.6 is 48.2 Å². The Morgan fingerprint density at radius 2 is 0.500 bits per heavy atom. The fourth-order valence-electron chi connectivity index (χ4n) is 6.45. The fourth-order valence-corrected chi connectivity index (χ4v) is 8.02. The second-order valence-corrected chi connectivity index (χ2v) is 14.3. The Kier molecular flexibility index (Phi) is 8.81. The predicted octanol–water partition coefficient (Wildman–Crippen LogP) is 14.3. The molecule has 0 saturated heterocycles. The molecule has 7 rings (SSSR count). The molecule has 4 nitrogen and oxygen atoms in total. The lowest BCUT2D eigenvalue weighted by atomic mass is 9.84. The van der Waals surface area contributed by atoms with Gasteiger partial charge in [0.25, 0.3) is 0 Å². The van der Waals surface area contributed by atoms with E-state index in [1.54, 1.807) is 0 Å². The van der Waals surface area contributed by atoms with E-state index in [9.17, 15) is 52.7 Å². The SMILES string of the molecule is Cc1c(OSC(F)(F)F)c2ccc3c4ccc5c(OSC(F)(F)F)c(C)c(OSC(F)(F)F)c6ccc(c7ccc(c1OSC(F)(F)F)c2c37)c4c56. The largest absolute Gasteiger partial charge is 0.479 e. The summed E-state index contributed by atoms with van der Waals surface area (Å²) < 4.78 is 180. The highest BCUT2D eigenvalue weighted by atomic mass is 32.2. The van der Waals surface area contributed by atoms with Crippen molar-refractivity contribution >= 4 is 113 Å². The molecule has 0 N–H and O–H groups in total. The molecule has 0 heterocycles. The summed E-state index contributed by atoms with van der Waals surface area (Å²) in [5.74, 6) is -1.63. The summed E-state index contributed by atoms with van der Waals surface area (Å²) in [7, 11) is 0. The monoisotopic (exact) mass is 818 g/mol.